The van der Waals surface area contributed by atoms with Crippen molar-refractivity contribution in [3.63, 3.8) is 0 Å². The highest BCUT2D eigenvalue weighted by atomic mass is 19.2. The second-order valence-electron chi connectivity index (χ2n) is 3.57. The first kappa shape index (κ1) is 12.9. The van der Waals surface area contributed by atoms with E-state index < -0.39 is 29.0 Å². The van der Waals surface area contributed by atoms with Crippen LogP contribution in [0.5, 0.6) is 0 Å². The zero-order valence-electron chi connectivity index (χ0n) is 9.40. The number of aromatic nitrogens is 3. The summed E-state index contributed by atoms with van der Waals surface area (Å²) in [4.78, 5) is 15.1. The number of nitrogens with one attached hydrogen (secondary N) is 1. The number of nitrogens with two attached hydrogens (primary N) is 1. The van der Waals surface area contributed by atoms with Crippen molar-refractivity contribution in [2.45, 2.75) is 6.54 Å². The summed E-state index contributed by atoms with van der Waals surface area (Å²) in [7, 11) is 0. The number of rotatable bonds is 3. The summed E-state index contributed by atoms with van der Waals surface area (Å²) in [6.07, 6.45) is 1.20. The first-order chi connectivity index (χ1) is 8.97. The maximum Gasteiger partial charge on any atom is 0.246 e. The third-order valence-electron chi connectivity index (χ3n) is 2.17. The van der Waals surface area contributed by atoms with E-state index >= 15 is 0 Å². The Bertz CT molecular complexity index is 628. The fourth-order valence-corrected chi connectivity index (χ4v) is 1.34. The molecule has 0 bridgehead atoms. The van der Waals surface area contributed by atoms with Crippen molar-refractivity contribution in [3.05, 3.63) is 35.9 Å². The molecule has 0 saturated carbocycles. The average molecular weight is 271 g/mol. The second-order valence-corrected chi connectivity index (χ2v) is 3.57. The van der Waals surface area contributed by atoms with Gasteiger partial charge in [0.15, 0.2) is 17.5 Å². The Morgan fingerprint density at radius 2 is 2.05 bits per heavy atom. The predicted octanol–water partition coefficient (Wildman–Crippen LogP) is 0.916. The molecule has 0 unspecified atom stereocenters. The number of hydrogen-bond acceptors (Lipinski definition) is 4. The van der Waals surface area contributed by atoms with Crippen molar-refractivity contribution in [2.75, 3.05) is 11.1 Å². The second kappa shape index (κ2) is 4.96. The number of carbonyl (C=O) groups is 1. The molecule has 6 nitrogen and oxygen atoms in total. The van der Waals surface area contributed by atoms with E-state index in [1.165, 1.54) is 6.33 Å². The van der Waals surface area contributed by atoms with E-state index in [9.17, 15) is 18.0 Å². The molecule has 0 saturated heterocycles. The number of nitrogen functional groups attached to an aromatic ring is 1. The number of carbonyl (C=O) groups excluding carboxylic acids is 1. The molecule has 19 heavy (non-hydrogen) atoms. The van der Waals surface area contributed by atoms with Gasteiger partial charge in [0.05, 0.1) is 5.69 Å². The molecule has 1 amide bonds. The molecule has 0 atom stereocenters. The first-order valence-corrected chi connectivity index (χ1v) is 5.05. The highest BCUT2D eigenvalue weighted by molar-refractivity contribution is 5.90. The van der Waals surface area contributed by atoms with Gasteiger partial charge in [0, 0.05) is 0 Å². The van der Waals surface area contributed by atoms with Crippen molar-refractivity contribution in [1.29, 1.82) is 0 Å². The number of amides is 1. The molecule has 1 aromatic heterocycles. The standard InChI is InChI=1S/C10H8F3N5O/c11-5-1-2-6(9(13)8(5)12)16-7(19)3-18-4-15-10(14)17-18/h1-2,4H,3H2,(H2,14,17)(H,16,19). The predicted molar refractivity (Wildman–Crippen MR) is 59.4 cm³/mol. The number of benzene rings is 1. The molecule has 100 valence electrons. The summed E-state index contributed by atoms with van der Waals surface area (Å²) < 4.78 is 40.0. The Balaban J connectivity index is 2.09. The van der Waals surface area contributed by atoms with Crippen LogP contribution in [-0.4, -0.2) is 20.7 Å². The molecule has 0 aliphatic carbocycles. The molecule has 1 aromatic carbocycles. The molecule has 2 rings (SSSR count). The van der Waals surface area contributed by atoms with Crippen LogP contribution in [0.3, 0.4) is 0 Å². The van der Waals surface area contributed by atoms with Gasteiger partial charge in [-0.2, -0.15) is 0 Å². The van der Waals surface area contributed by atoms with Crippen molar-refractivity contribution < 1.29 is 18.0 Å². The van der Waals surface area contributed by atoms with Crippen LogP contribution in [-0.2, 0) is 11.3 Å². The third kappa shape index (κ3) is 2.81. The van der Waals surface area contributed by atoms with Gasteiger partial charge in [0.1, 0.15) is 12.9 Å². The van der Waals surface area contributed by atoms with E-state index in [2.05, 4.69) is 15.4 Å². The largest absolute Gasteiger partial charge is 0.367 e. The third-order valence-corrected chi connectivity index (χ3v) is 2.17. The first-order valence-electron chi connectivity index (χ1n) is 5.05. The smallest absolute Gasteiger partial charge is 0.246 e. The van der Waals surface area contributed by atoms with Gasteiger partial charge in [-0.3, -0.25) is 4.79 Å². The molecule has 0 radical (unpaired) electrons. The molecular formula is C10H8F3N5O. The molecule has 0 aliphatic heterocycles. The Hall–Kier alpha value is -2.58. The molecule has 2 aromatic rings. The summed E-state index contributed by atoms with van der Waals surface area (Å²) in [5.41, 5.74) is 4.78. The Morgan fingerprint density at radius 3 is 2.68 bits per heavy atom. The summed E-state index contributed by atoms with van der Waals surface area (Å²) in [5, 5.41) is 5.73. The zero-order chi connectivity index (χ0) is 14.0. The van der Waals surface area contributed by atoms with E-state index in [-0.39, 0.29) is 12.5 Å². The maximum absolute atomic E-state index is 13.3. The van der Waals surface area contributed by atoms with Gasteiger partial charge in [-0.05, 0) is 12.1 Å². The van der Waals surface area contributed by atoms with Gasteiger partial charge in [-0.15, -0.1) is 5.10 Å². The Kier molecular flexibility index (Phi) is 3.36. The fourth-order valence-electron chi connectivity index (χ4n) is 1.34. The molecule has 0 aliphatic rings. The van der Waals surface area contributed by atoms with Crippen LogP contribution in [0.15, 0.2) is 18.5 Å². The average Bonchev–Trinajstić information content (AvgIpc) is 2.75. The molecule has 3 N–H and O–H groups in total. The van der Waals surface area contributed by atoms with Crippen LogP contribution in [0.1, 0.15) is 0 Å². The lowest BCUT2D eigenvalue weighted by atomic mass is 10.3. The normalized spacial score (nSPS) is 10.5. The minimum absolute atomic E-state index is 0.0215. The Morgan fingerprint density at radius 1 is 1.32 bits per heavy atom. The lowest BCUT2D eigenvalue weighted by Gasteiger charge is -2.07. The van der Waals surface area contributed by atoms with E-state index in [0.717, 1.165) is 10.7 Å². The fraction of sp³-hybridized carbons (Fsp3) is 0.100. The number of anilines is 2. The lowest BCUT2D eigenvalue weighted by molar-refractivity contribution is -0.116. The minimum atomic E-state index is -1.65. The van der Waals surface area contributed by atoms with Crippen molar-refractivity contribution in [3.8, 4) is 0 Å². The quantitative estimate of drug-likeness (QED) is 0.813. The lowest BCUT2D eigenvalue weighted by Crippen LogP contribution is -2.20. The van der Waals surface area contributed by atoms with E-state index in [4.69, 9.17) is 5.73 Å². The minimum Gasteiger partial charge on any atom is -0.367 e. The highest BCUT2D eigenvalue weighted by Gasteiger charge is 2.15. The van der Waals surface area contributed by atoms with E-state index in [0.29, 0.717) is 6.07 Å². The number of nitrogens with zero attached hydrogens (tertiary/aromatic N) is 3. The van der Waals surface area contributed by atoms with Gasteiger partial charge in [-0.1, -0.05) is 0 Å². The van der Waals surface area contributed by atoms with E-state index in [1.54, 1.807) is 0 Å². The molecule has 1 heterocycles. The maximum atomic E-state index is 13.3. The summed E-state index contributed by atoms with van der Waals surface area (Å²) >= 11 is 0. The van der Waals surface area contributed by atoms with Crippen molar-refractivity contribution >= 4 is 17.5 Å². The summed E-state index contributed by atoms with van der Waals surface area (Å²) in [6, 6.07) is 1.63. The van der Waals surface area contributed by atoms with Crippen LogP contribution in [0.2, 0.25) is 0 Å². The molecular weight excluding hydrogens is 263 g/mol. The van der Waals surface area contributed by atoms with Crippen LogP contribution >= 0.6 is 0 Å². The van der Waals surface area contributed by atoms with E-state index in [1.807, 2.05) is 0 Å². The summed E-state index contributed by atoms with van der Waals surface area (Å²) in [5.74, 6) is -5.16. The number of halogens is 3. The highest BCUT2D eigenvalue weighted by Crippen LogP contribution is 2.19. The SMILES string of the molecule is Nc1ncn(CC(=O)Nc2ccc(F)c(F)c2F)n1. The van der Waals surface area contributed by atoms with Crippen molar-refractivity contribution in [2.24, 2.45) is 0 Å². The summed E-state index contributed by atoms with van der Waals surface area (Å²) in [6.45, 7) is -0.289. The molecule has 9 heteroatoms. The van der Waals surface area contributed by atoms with Crippen LogP contribution < -0.4 is 11.1 Å². The van der Waals surface area contributed by atoms with Crippen molar-refractivity contribution in [1.82, 2.24) is 14.8 Å². The molecule has 0 spiro atoms. The van der Waals surface area contributed by atoms with Gasteiger partial charge in [0.2, 0.25) is 11.9 Å². The van der Waals surface area contributed by atoms with Gasteiger partial charge >= 0.3 is 0 Å². The Labute approximate surface area is 105 Å². The zero-order valence-corrected chi connectivity index (χ0v) is 9.40. The van der Waals surface area contributed by atoms with Gasteiger partial charge < -0.3 is 11.1 Å². The monoisotopic (exact) mass is 271 g/mol. The topological polar surface area (TPSA) is 85.8 Å². The van der Waals surface area contributed by atoms with Crippen LogP contribution in [0.25, 0.3) is 0 Å². The van der Waals surface area contributed by atoms with Gasteiger partial charge in [0.25, 0.3) is 0 Å². The van der Waals surface area contributed by atoms with Crippen LogP contribution in [0.4, 0.5) is 24.8 Å². The molecule has 0 fully saturated rings. The van der Waals surface area contributed by atoms with Gasteiger partial charge in [-0.25, -0.2) is 22.8 Å². The van der Waals surface area contributed by atoms with Crippen LogP contribution in [0, 0.1) is 17.5 Å². The number of hydrogen-bond donors (Lipinski definition) is 2.